The monoisotopic (exact) mass is 820 g/mol. The molecule has 0 fully saturated rings. The van der Waals surface area contributed by atoms with Crippen LogP contribution >= 0.6 is 11.3 Å². The van der Waals surface area contributed by atoms with Gasteiger partial charge in [-0.1, -0.05) is 194 Å². The molecule has 9 aromatic carbocycles. The quantitative estimate of drug-likeness (QED) is 0.173. The van der Waals surface area contributed by atoms with Gasteiger partial charge in [-0.25, -0.2) is 9.97 Å². The van der Waals surface area contributed by atoms with Crippen LogP contribution in [0.1, 0.15) is 22.3 Å². The number of benzene rings is 9. The summed E-state index contributed by atoms with van der Waals surface area (Å²) in [5.41, 5.74) is 15.9. The van der Waals surface area contributed by atoms with Crippen molar-refractivity contribution in [1.29, 1.82) is 0 Å². The smallest absolute Gasteiger partial charge is 0.161 e. The Kier molecular flexibility index (Phi) is 7.99. The van der Waals surface area contributed by atoms with E-state index in [9.17, 15) is 0 Å². The van der Waals surface area contributed by atoms with Crippen LogP contribution in [0.15, 0.2) is 218 Å². The number of rotatable bonds is 5. The Bertz CT molecular complexity index is 3560. The highest BCUT2D eigenvalue weighted by atomic mass is 32.1. The second-order valence-corrected chi connectivity index (χ2v) is 17.4. The van der Waals surface area contributed by atoms with Crippen LogP contribution in [0.3, 0.4) is 0 Å². The molecule has 1 spiro atoms. The highest BCUT2D eigenvalue weighted by molar-refractivity contribution is 7.26. The number of hydrogen-bond acceptors (Lipinski definition) is 4. The van der Waals surface area contributed by atoms with E-state index in [-0.39, 0.29) is 0 Å². The van der Waals surface area contributed by atoms with Crippen LogP contribution < -0.4 is 4.74 Å². The molecule has 63 heavy (non-hydrogen) atoms. The van der Waals surface area contributed by atoms with E-state index in [0.717, 1.165) is 67.4 Å². The molecule has 2 aliphatic rings. The second kappa shape index (κ2) is 14.1. The van der Waals surface area contributed by atoms with Crippen LogP contribution in [-0.4, -0.2) is 9.97 Å². The van der Waals surface area contributed by atoms with Crippen LogP contribution in [0, 0.1) is 0 Å². The van der Waals surface area contributed by atoms with Gasteiger partial charge in [-0.2, -0.15) is 0 Å². The molecule has 0 saturated carbocycles. The summed E-state index contributed by atoms with van der Waals surface area (Å²) in [7, 11) is 0. The summed E-state index contributed by atoms with van der Waals surface area (Å²) in [6.07, 6.45) is 0. The zero-order valence-electron chi connectivity index (χ0n) is 34.0. The second-order valence-electron chi connectivity index (χ2n) is 16.3. The number of thiophene rings is 1. The average molecular weight is 821 g/mol. The molecule has 0 radical (unpaired) electrons. The standard InChI is InChI=1S/C59H36N2OS/c1-2-16-37(17-3-1)38-32-34-39(35-33-38)40-18-4-5-19-41(40)51-36-52(45-23-14-22-43-42-20-7-13-31-55(42)63-57(43)45)61-58(60-51)46-24-15-28-50-56(46)44-21-6-8-25-47(44)59(50)48-26-9-11-29-53(48)62-54-30-12-10-27-49(54)59/h1-36H. The summed E-state index contributed by atoms with van der Waals surface area (Å²) < 4.78 is 9.13. The van der Waals surface area contributed by atoms with E-state index in [1.807, 2.05) is 11.3 Å². The minimum Gasteiger partial charge on any atom is -0.457 e. The molecule has 1 aliphatic carbocycles. The first kappa shape index (κ1) is 35.8. The van der Waals surface area contributed by atoms with Gasteiger partial charge >= 0.3 is 0 Å². The summed E-state index contributed by atoms with van der Waals surface area (Å²) in [5, 5.41) is 2.50. The fraction of sp³-hybridized carbons (Fsp3) is 0.0169. The lowest BCUT2D eigenvalue weighted by Crippen LogP contribution is -2.32. The highest BCUT2D eigenvalue weighted by Gasteiger charge is 2.51. The van der Waals surface area contributed by atoms with Crippen molar-refractivity contribution in [2.75, 3.05) is 0 Å². The van der Waals surface area contributed by atoms with Crippen LogP contribution in [0.25, 0.3) is 87.5 Å². The number of nitrogens with zero attached hydrogens (tertiary/aromatic N) is 2. The fourth-order valence-corrected chi connectivity index (χ4v) is 11.5. The molecular weight excluding hydrogens is 785 g/mol. The molecular formula is C59H36N2OS. The molecule has 3 nitrogen and oxygen atoms in total. The molecule has 3 heterocycles. The van der Waals surface area contributed by atoms with Crippen molar-refractivity contribution in [3.8, 4) is 78.8 Å². The Balaban J connectivity index is 1.07. The molecule has 0 bridgehead atoms. The topological polar surface area (TPSA) is 35.0 Å². The average Bonchev–Trinajstić information content (AvgIpc) is 3.89. The third-order valence-electron chi connectivity index (χ3n) is 13.0. The lowest BCUT2D eigenvalue weighted by Gasteiger charge is -2.39. The van der Waals surface area contributed by atoms with Gasteiger partial charge in [0.2, 0.25) is 0 Å². The van der Waals surface area contributed by atoms with Gasteiger partial charge in [0.25, 0.3) is 0 Å². The van der Waals surface area contributed by atoms with Gasteiger partial charge < -0.3 is 4.74 Å². The molecule has 0 unspecified atom stereocenters. The van der Waals surface area contributed by atoms with Crippen molar-refractivity contribution >= 4 is 31.5 Å². The van der Waals surface area contributed by atoms with Gasteiger partial charge in [0, 0.05) is 48.0 Å². The first-order chi connectivity index (χ1) is 31.2. The van der Waals surface area contributed by atoms with Crippen molar-refractivity contribution in [1.82, 2.24) is 9.97 Å². The molecule has 13 rings (SSSR count). The van der Waals surface area contributed by atoms with Crippen molar-refractivity contribution < 1.29 is 4.74 Å². The molecule has 1 aliphatic heterocycles. The Hall–Kier alpha value is -7.92. The Labute approximate surface area is 369 Å². The third-order valence-corrected chi connectivity index (χ3v) is 14.2. The number of fused-ring (bicyclic) bond motifs is 12. The van der Waals surface area contributed by atoms with E-state index in [0.29, 0.717) is 5.82 Å². The van der Waals surface area contributed by atoms with Crippen molar-refractivity contribution in [2.24, 2.45) is 0 Å². The lowest BCUT2D eigenvalue weighted by atomic mass is 9.66. The molecule has 0 amide bonds. The highest BCUT2D eigenvalue weighted by Crippen LogP contribution is 2.63. The predicted octanol–water partition coefficient (Wildman–Crippen LogP) is 15.6. The summed E-state index contributed by atoms with van der Waals surface area (Å²) in [6, 6.07) is 78.2. The van der Waals surface area contributed by atoms with E-state index < -0.39 is 5.41 Å². The van der Waals surface area contributed by atoms with Gasteiger partial charge in [-0.15, -0.1) is 11.3 Å². The van der Waals surface area contributed by atoms with E-state index in [2.05, 4.69) is 218 Å². The fourth-order valence-electron chi connectivity index (χ4n) is 10.3. The number of ether oxygens (including phenoxy) is 1. The summed E-state index contributed by atoms with van der Waals surface area (Å²) in [6.45, 7) is 0. The minimum atomic E-state index is -0.602. The van der Waals surface area contributed by atoms with Crippen molar-refractivity contribution in [3.63, 3.8) is 0 Å². The molecule has 0 saturated heterocycles. The molecule has 4 heteroatoms. The van der Waals surface area contributed by atoms with Gasteiger partial charge in [-0.3, -0.25) is 0 Å². The van der Waals surface area contributed by atoms with E-state index in [4.69, 9.17) is 14.7 Å². The first-order valence-electron chi connectivity index (χ1n) is 21.4. The van der Waals surface area contributed by atoms with Crippen molar-refractivity contribution in [3.05, 3.63) is 241 Å². The summed E-state index contributed by atoms with van der Waals surface area (Å²) >= 11 is 1.83. The number of para-hydroxylation sites is 2. The third kappa shape index (κ3) is 5.38. The molecule has 294 valence electrons. The number of aromatic nitrogens is 2. The van der Waals surface area contributed by atoms with E-state index in [1.54, 1.807) is 0 Å². The maximum Gasteiger partial charge on any atom is 0.161 e. The van der Waals surface area contributed by atoms with Gasteiger partial charge in [0.1, 0.15) is 11.5 Å². The van der Waals surface area contributed by atoms with E-state index >= 15 is 0 Å². The van der Waals surface area contributed by atoms with Gasteiger partial charge in [0.15, 0.2) is 5.82 Å². The van der Waals surface area contributed by atoms with Gasteiger partial charge in [0.05, 0.1) is 16.8 Å². The van der Waals surface area contributed by atoms with Crippen LogP contribution in [0.2, 0.25) is 0 Å². The zero-order valence-corrected chi connectivity index (χ0v) is 34.8. The predicted molar refractivity (Wildman–Crippen MR) is 259 cm³/mol. The zero-order chi connectivity index (χ0) is 41.5. The first-order valence-corrected chi connectivity index (χ1v) is 22.2. The summed E-state index contributed by atoms with van der Waals surface area (Å²) in [5.74, 6) is 2.43. The Morgan fingerprint density at radius 3 is 1.67 bits per heavy atom. The van der Waals surface area contributed by atoms with Gasteiger partial charge in [-0.05, 0) is 68.8 Å². The van der Waals surface area contributed by atoms with E-state index in [1.165, 1.54) is 48.0 Å². The summed E-state index contributed by atoms with van der Waals surface area (Å²) in [4.78, 5) is 11.2. The Morgan fingerprint density at radius 1 is 0.365 bits per heavy atom. The Morgan fingerprint density at radius 2 is 0.889 bits per heavy atom. The van der Waals surface area contributed by atoms with Crippen LogP contribution in [0.4, 0.5) is 0 Å². The largest absolute Gasteiger partial charge is 0.457 e. The molecule has 0 N–H and O–H groups in total. The maximum absolute atomic E-state index is 6.65. The van der Waals surface area contributed by atoms with Crippen LogP contribution in [-0.2, 0) is 5.41 Å². The van der Waals surface area contributed by atoms with Crippen molar-refractivity contribution in [2.45, 2.75) is 5.41 Å². The van der Waals surface area contributed by atoms with Crippen LogP contribution in [0.5, 0.6) is 11.5 Å². The molecule has 0 atom stereocenters. The maximum atomic E-state index is 6.65. The lowest BCUT2D eigenvalue weighted by molar-refractivity contribution is 0.436. The molecule has 2 aromatic heterocycles. The molecule has 11 aromatic rings. The SMILES string of the molecule is c1ccc(-c2ccc(-c3ccccc3-c3cc(-c4cccc5c4sc4ccccc45)nc(-c4cccc5c4-c4ccccc4C54c5ccccc5Oc5ccccc54)n3)cc2)cc1. The minimum absolute atomic E-state index is 0.602. The normalized spacial score (nSPS) is 13.0. The number of hydrogen-bond donors (Lipinski definition) is 0.